The molecule has 1 saturated carbocycles. The van der Waals surface area contributed by atoms with Crippen LogP contribution in [0.4, 0.5) is 23.7 Å². The number of piperazine rings is 1. The number of anilines is 1. The van der Waals surface area contributed by atoms with Gasteiger partial charge in [-0.15, -0.1) is 0 Å². The molecule has 3 amide bonds. The summed E-state index contributed by atoms with van der Waals surface area (Å²) in [7, 11) is 0. The fourth-order valence-corrected chi connectivity index (χ4v) is 4.34. The fraction of sp³-hybridized carbons (Fsp3) is 0.636. The van der Waals surface area contributed by atoms with Crippen molar-refractivity contribution in [2.75, 3.05) is 38.0 Å². The predicted molar refractivity (Wildman–Crippen MR) is 113 cm³/mol. The summed E-state index contributed by atoms with van der Waals surface area (Å²) >= 11 is 0. The summed E-state index contributed by atoms with van der Waals surface area (Å²) in [4.78, 5) is 28.5. The third-order valence-corrected chi connectivity index (χ3v) is 6.16. The number of hydrogen-bond acceptors (Lipinski definition) is 3. The molecule has 2 atom stereocenters. The highest BCUT2D eigenvalue weighted by atomic mass is 19.4. The van der Waals surface area contributed by atoms with Gasteiger partial charge >= 0.3 is 12.2 Å². The first-order valence-electron chi connectivity index (χ1n) is 11.0. The molecule has 0 aromatic heterocycles. The first kappa shape index (κ1) is 23.4. The Morgan fingerprint density at radius 1 is 1.10 bits per heavy atom. The molecule has 0 bridgehead atoms. The Morgan fingerprint density at radius 2 is 1.81 bits per heavy atom. The molecule has 1 aliphatic carbocycles. The summed E-state index contributed by atoms with van der Waals surface area (Å²) in [6, 6.07) is 6.94. The Kier molecular flexibility index (Phi) is 7.80. The summed E-state index contributed by atoms with van der Waals surface area (Å²) in [5.74, 6) is -1.43. The Balaban J connectivity index is 1.42. The summed E-state index contributed by atoms with van der Waals surface area (Å²) in [6.07, 6.45) is -2.23. The van der Waals surface area contributed by atoms with Gasteiger partial charge in [0.2, 0.25) is 5.91 Å². The normalized spacial score (nSPS) is 22.8. The molecule has 2 aliphatic rings. The van der Waals surface area contributed by atoms with E-state index in [1.807, 2.05) is 36.1 Å². The number of nitrogens with one attached hydrogen (secondary N) is 2. The first-order valence-corrected chi connectivity index (χ1v) is 11.0. The molecule has 31 heavy (non-hydrogen) atoms. The van der Waals surface area contributed by atoms with Gasteiger partial charge in [0.05, 0.1) is 12.5 Å². The maximum absolute atomic E-state index is 13.0. The molecular formula is C22H31F3N4O2. The van der Waals surface area contributed by atoms with Gasteiger partial charge in [0.15, 0.2) is 0 Å². The number of rotatable bonds is 5. The molecular weight excluding hydrogens is 409 g/mol. The van der Waals surface area contributed by atoms with Crippen LogP contribution in [-0.4, -0.2) is 66.7 Å². The number of nitrogens with zero attached hydrogens (tertiary/aromatic N) is 2. The zero-order valence-corrected chi connectivity index (χ0v) is 17.9. The Morgan fingerprint density at radius 3 is 2.48 bits per heavy atom. The predicted octanol–water partition coefficient (Wildman–Crippen LogP) is 3.64. The molecule has 2 unspecified atom stereocenters. The SMILES string of the molecule is CCc1ccccc1NC(=O)CN1CCN(C(=O)NC2CCCC(C(F)(F)F)C2)CC1. The van der Waals surface area contributed by atoms with Crippen LogP contribution in [0.1, 0.15) is 38.2 Å². The van der Waals surface area contributed by atoms with E-state index in [2.05, 4.69) is 10.6 Å². The first-order chi connectivity index (χ1) is 14.8. The molecule has 3 rings (SSSR count). The standard InChI is InChI=1S/C22H31F3N4O2/c1-2-16-6-3-4-9-19(16)27-20(30)15-28-10-12-29(13-11-28)21(31)26-18-8-5-7-17(14-18)22(23,24)25/h3-4,6,9,17-18H,2,5,7-8,10-15H2,1H3,(H,26,31)(H,27,30). The van der Waals surface area contributed by atoms with E-state index in [9.17, 15) is 22.8 Å². The van der Waals surface area contributed by atoms with E-state index in [0.717, 1.165) is 17.7 Å². The van der Waals surface area contributed by atoms with E-state index in [-0.39, 0.29) is 31.3 Å². The minimum absolute atomic E-state index is 0.0470. The number of urea groups is 1. The zero-order chi connectivity index (χ0) is 22.4. The van der Waals surface area contributed by atoms with Gasteiger partial charge in [0.25, 0.3) is 0 Å². The molecule has 6 nitrogen and oxygen atoms in total. The molecule has 0 radical (unpaired) electrons. The van der Waals surface area contributed by atoms with E-state index in [4.69, 9.17) is 0 Å². The number of benzene rings is 1. The van der Waals surface area contributed by atoms with Crippen LogP contribution in [0.25, 0.3) is 0 Å². The van der Waals surface area contributed by atoms with Crippen molar-refractivity contribution in [3.63, 3.8) is 0 Å². The minimum atomic E-state index is -4.20. The lowest BCUT2D eigenvalue weighted by Crippen LogP contribution is -2.55. The van der Waals surface area contributed by atoms with Gasteiger partial charge in [0.1, 0.15) is 0 Å². The van der Waals surface area contributed by atoms with Crippen molar-refractivity contribution in [3.8, 4) is 0 Å². The highest BCUT2D eigenvalue weighted by molar-refractivity contribution is 5.93. The van der Waals surface area contributed by atoms with E-state index >= 15 is 0 Å². The van der Waals surface area contributed by atoms with Crippen LogP contribution in [0.15, 0.2) is 24.3 Å². The summed E-state index contributed by atoms with van der Waals surface area (Å²) in [6.45, 7) is 4.26. The summed E-state index contributed by atoms with van der Waals surface area (Å²) < 4.78 is 38.9. The number of para-hydroxylation sites is 1. The molecule has 2 N–H and O–H groups in total. The number of carbonyl (C=O) groups excluding carboxylic acids is 2. The molecule has 1 aliphatic heterocycles. The van der Waals surface area contributed by atoms with Crippen molar-refractivity contribution in [1.29, 1.82) is 0 Å². The van der Waals surface area contributed by atoms with Gasteiger partial charge in [-0.2, -0.15) is 13.2 Å². The summed E-state index contributed by atoms with van der Waals surface area (Å²) in [5, 5.41) is 5.73. The molecule has 9 heteroatoms. The molecule has 0 spiro atoms. The smallest absolute Gasteiger partial charge is 0.335 e. The Labute approximate surface area is 181 Å². The average Bonchev–Trinajstić information content (AvgIpc) is 2.74. The molecule has 1 aromatic carbocycles. The number of amides is 3. The second-order valence-corrected chi connectivity index (χ2v) is 8.37. The van der Waals surface area contributed by atoms with E-state index < -0.39 is 18.1 Å². The quantitative estimate of drug-likeness (QED) is 0.735. The third kappa shape index (κ3) is 6.59. The van der Waals surface area contributed by atoms with Crippen molar-refractivity contribution in [2.45, 2.75) is 51.2 Å². The van der Waals surface area contributed by atoms with Crippen LogP contribution in [0.5, 0.6) is 0 Å². The number of hydrogen-bond donors (Lipinski definition) is 2. The second-order valence-electron chi connectivity index (χ2n) is 8.37. The van der Waals surface area contributed by atoms with Crippen LogP contribution in [0, 0.1) is 5.92 Å². The van der Waals surface area contributed by atoms with Crippen LogP contribution in [-0.2, 0) is 11.2 Å². The Hall–Kier alpha value is -2.29. The van der Waals surface area contributed by atoms with E-state index in [1.54, 1.807) is 4.90 Å². The summed E-state index contributed by atoms with van der Waals surface area (Å²) in [5.41, 5.74) is 1.89. The Bertz CT molecular complexity index is 763. The lowest BCUT2D eigenvalue weighted by Gasteiger charge is -2.36. The van der Waals surface area contributed by atoms with Crippen molar-refractivity contribution in [1.82, 2.24) is 15.1 Å². The molecule has 2 fully saturated rings. The number of halogens is 3. The zero-order valence-electron chi connectivity index (χ0n) is 17.9. The highest BCUT2D eigenvalue weighted by Crippen LogP contribution is 2.37. The number of carbonyl (C=O) groups is 2. The van der Waals surface area contributed by atoms with Gasteiger partial charge in [-0.3, -0.25) is 9.69 Å². The topological polar surface area (TPSA) is 64.7 Å². The second kappa shape index (κ2) is 10.3. The van der Waals surface area contributed by atoms with Crippen molar-refractivity contribution in [2.24, 2.45) is 5.92 Å². The van der Waals surface area contributed by atoms with Crippen LogP contribution >= 0.6 is 0 Å². The largest absolute Gasteiger partial charge is 0.391 e. The van der Waals surface area contributed by atoms with E-state index in [0.29, 0.717) is 39.0 Å². The lowest BCUT2D eigenvalue weighted by atomic mass is 9.85. The average molecular weight is 441 g/mol. The molecule has 1 heterocycles. The lowest BCUT2D eigenvalue weighted by molar-refractivity contribution is -0.183. The maximum atomic E-state index is 13.0. The number of alkyl halides is 3. The fourth-order valence-electron chi connectivity index (χ4n) is 4.34. The van der Waals surface area contributed by atoms with Gasteiger partial charge < -0.3 is 15.5 Å². The van der Waals surface area contributed by atoms with Crippen LogP contribution in [0.2, 0.25) is 0 Å². The molecule has 1 saturated heterocycles. The van der Waals surface area contributed by atoms with Crippen molar-refractivity contribution in [3.05, 3.63) is 29.8 Å². The highest BCUT2D eigenvalue weighted by Gasteiger charge is 2.42. The van der Waals surface area contributed by atoms with E-state index in [1.165, 1.54) is 0 Å². The van der Waals surface area contributed by atoms with Crippen molar-refractivity contribution >= 4 is 17.6 Å². The minimum Gasteiger partial charge on any atom is -0.335 e. The van der Waals surface area contributed by atoms with Crippen LogP contribution in [0.3, 0.4) is 0 Å². The molecule has 172 valence electrons. The van der Waals surface area contributed by atoms with Gasteiger partial charge in [-0.05, 0) is 37.3 Å². The van der Waals surface area contributed by atoms with Crippen LogP contribution < -0.4 is 10.6 Å². The monoisotopic (exact) mass is 440 g/mol. The van der Waals surface area contributed by atoms with Gasteiger partial charge in [-0.1, -0.05) is 31.5 Å². The van der Waals surface area contributed by atoms with Gasteiger partial charge in [-0.25, -0.2) is 4.79 Å². The molecule has 1 aromatic rings. The number of aryl methyl sites for hydroxylation is 1. The van der Waals surface area contributed by atoms with Gasteiger partial charge in [0, 0.05) is 37.9 Å². The van der Waals surface area contributed by atoms with Crippen molar-refractivity contribution < 1.29 is 22.8 Å². The third-order valence-electron chi connectivity index (χ3n) is 6.16. The maximum Gasteiger partial charge on any atom is 0.391 e.